The standard InChI is InChI=1S/C59H79N3O6S/c1-3-38-10-15-45(16-11-38)56(63)60-49-31-27-43(28-32-49)41-19-23-47(24-20-41)58(65)67-51-35-36-52(55-54(51)62-53(69-55)37-14-40-8-6-5-7-9-40)68-59(66)48-25-21-42(22-26-48)44-29-33-50(34-30-44)61-57(64)46-17-12-39(4-2)13-18-46/h5-9,35-36,38-39,41-50H,3-4,10-13,15-34H2,1-2H3,(H,60,63)(H,61,64)/t38-,39?,41-,42?,43?,44?,45+,46?,47-,48?,49?,50?. The number of thiazole rings is 1. The third-order valence-corrected chi connectivity index (χ3v) is 19.3. The molecule has 0 bridgehead atoms. The number of hydrogen-bond acceptors (Lipinski definition) is 8. The van der Waals surface area contributed by atoms with Crippen molar-refractivity contribution in [2.75, 3.05) is 0 Å². The first-order chi connectivity index (χ1) is 33.7. The predicted molar refractivity (Wildman–Crippen MR) is 273 cm³/mol. The fraction of sp³-hybridized carbons (Fsp3) is 0.678. The van der Waals surface area contributed by atoms with E-state index in [2.05, 4.69) is 36.3 Å². The van der Waals surface area contributed by atoms with Crippen LogP contribution in [0.3, 0.4) is 0 Å². The van der Waals surface area contributed by atoms with Gasteiger partial charge in [0.25, 0.3) is 0 Å². The smallest absolute Gasteiger partial charge is 0.314 e. The van der Waals surface area contributed by atoms with Crippen molar-refractivity contribution in [3.05, 3.63) is 53.0 Å². The second-order valence-corrected chi connectivity index (χ2v) is 23.4. The molecule has 372 valence electrons. The number of amides is 2. The lowest BCUT2D eigenvalue weighted by Crippen LogP contribution is -2.42. The van der Waals surface area contributed by atoms with Gasteiger partial charge in [0.1, 0.15) is 10.2 Å². The van der Waals surface area contributed by atoms with E-state index in [9.17, 15) is 19.2 Å². The fourth-order valence-corrected chi connectivity index (χ4v) is 14.5. The van der Waals surface area contributed by atoms with Crippen LogP contribution in [0, 0.1) is 71.0 Å². The van der Waals surface area contributed by atoms with Gasteiger partial charge in [-0.05, 0) is 220 Å². The summed E-state index contributed by atoms with van der Waals surface area (Å²) in [5.41, 5.74) is 1.38. The lowest BCUT2D eigenvalue weighted by atomic mass is 9.70. The minimum atomic E-state index is -0.219. The summed E-state index contributed by atoms with van der Waals surface area (Å²) in [6.45, 7) is 4.53. The molecule has 6 aliphatic carbocycles. The number of rotatable bonds is 12. The summed E-state index contributed by atoms with van der Waals surface area (Å²) in [7, 11) is 0. The molecule has 2 amide bonds. The Hall–Kier alpha value is -4.23. The Labute approximate surface area is 416 Å². The van der Waals surface area contributed by atoms with Gasteiger partial charge in [-0.3, -0.25) is 19.2 Å². The second-order valence-electron chi connectivity index (χ2n) is 22.4. The molecule has 0 spiro atoms. The number of nitrogens with one attached hydrogen (secondary N) is 2. The molecule has 0 unspecified atom stereocenters. The number of carbonyl (C=O) groups is 4. The minimum Gasteiger partial charge on any atom is -0.425 e. The van der Waals surface area contributed by atoms with E-state index in [4.69, 9.17) is 14.5 Å². The van der Waals surface area contributed by atoms with Crippen molar-refractivity contribution >= 4 is 45.3 Å². The number of aromatic nitrogens is 1. The SMILES string of the molecule is CCC1CCC(C(=O)NC2CCC(C3CCC(C(=O)Oc4ccc(OC(=O)[C@H]5CC[C@H](C6CCC(NC(=O)[C@H]7CC[C@@H](CC)CC7)CC6)CC5)c5nc(C#Cc6ccccc6)sc45)CC3)CC2)CC1. The molecule has 10 heteroatoms. The molecule has 3 aromatic rings. The predicted octanol–water partition coefficient (Wildman–Crippen LogP) is 12.9. The molecule has 0 atom stereocenters. The third-order valence-electron chi connectivity index (χ3n) is 18.3. The largest absolute Gasteiger partial charge is 0.425 e. The van der Waals surface area contributed by atoms with Gasteiger partial charge in [-0.1, -0.05) is 50.8 Å². The van der Waals surface area contributed by atoms with Crippen LogP contribution in [0.4, 0.5) is 0 Å². The van der Waals surface area contributed by atoms with Gasteiger partial charge in [0, 0.05) is 29.5 Å². The maximum absolute atomic E-state index is 13.9. The topological polar surface area (TPSA) is 124 Å². The summed E-state index contributed by atoms with van der Waals surface area (Å²) in [5.74, 6) is 11.6. The van der Waals surface area contributed by atoms with Crippen LogP contribution in [0.25, 0.3) is 10.2 Å². The molecule has 9 nitrogen and oxygen atoms in total. The van der Waals surface area contributed by atoms with Gasteiger partial charge in [0.15, 0.2) is 16.5 Å². The number of fused-ring (bicyclic) bond motifs is 1. The summed E-state index contributed by atoms with van der Waals surface area (Å²) in [4.78, 5) is 58.7. The van der Waals surface area contributed by atoms with Gasteiger partial charge in [0.05, 0.1) is 11.8 Å². The van der Waals surface area contributed by atoms with E-state index in [1.807, 2.05) is 30.3 Å². The Morgan fingerprint density at radius 3 is 1.36 bits per heavy atom. The summed E-state index contributed by atoms with van der Waals surface area (Å²) < 4.78 is 13.1. The van der Waals surface area contributed by atoms with Crippen LogP contribution in [0.2, 0.25) is 0 Å². The van der Waals surface area contributed by atoms with Crippen LogP contribution >= 0.6 is 11.3 Å². The van der Waals surface area contributed by atoms with Gasteiger partial charge in [0.2, 0.25) is 11.8 Å². The van der Waals surface area contributed by atoms with Gasteiger partial charge >= 0.3 is 11.9 Å². The summed E-state index contributed by atoms with van der Waals surface area (Å²) in [5, 5.41) is 7.42. The lowest BCUT2D eigenvalue weighted by molar-refractivity contribution is -0.141. The van der Waals surface area contributed by atoms with E-state index in [0.29, 0.717) is 62.5 Å². The molecule has 2 N–H and O–H groups in total. The number of nitrogens with zero attached hydrogens (tertiary/aromatic N) is 1. The van der Waals surface area contributed by atoms with Crippen LogP contribution in [0.5, 0.6) is 11.5 Å². The van der Waals surface area contributed by atoms with Crippen LogP contribution in [-0.2, 0) is 19.2 Å². The first-order valence-corrected chi connectivity index (χ1v) is 28.6. The van der Waals surface area contributed by atoms with E-state index in [1.165, 1.54) is 49.9 Å². The van der Waals surface area contributed by atoms with Crippen molar-refractivity contribution in [3.63, 3.8) is 0 Å². The molecular formula is C59H79N3O6S. The first kappa shape index (κ1) is 49.7. The van der Waals surface area contributed by atoms with Gasteiger partial charge < -0.3 is 20.1 Å². The molecule has 2 aromatic carbocycles. The Balaban J connectivity index is 0.758. The van der Waals surface area contributed by atoms with Crippen LogP contribution in [-0.4, -0.2) is 40.8 Å². The summed E-state index contributed by atoms with van der Waals surface area (Å²) in [6, 6.07) is 13.9. The summed E-state index contributed by atoms with van der Waals surface area (Å²) in [6.07, 6.45) is 27.5. The van der Waals surface area contributed by atoms with E-state index >= 15 is 0 Å². The van der Waals surface area contributed by atoms with Crippen molar-refractivity contribution in [2.24, 2.45) is 59.2 Å². The maximum Gasteiger partial charge on any atom is 0.314 e. The van der Waals surface area contributed by atoms with Crippen molar-refractivity contribution in [1.29, 1.82) is 0 Å². The average molecular weight is 958 g/mol. The number of hydrogen-bond donors (Lipinski definition) is 2. The number of esters is 2. The molecule has 9 rings (SSSR count). The normalized spacial score (nSPS) is 31.9. The van der Waals surface area contributed by atoms with Crippen molar-refractivity contribution in [2.45, 2.75) is 193 Å². The zero-order chi connectivity index (χ0) is 47.7. The Kier molecular flexibility index (Phi) is 17.1. The Bertz CT molecular complexity index is 2120. The van der Waals surface area contributed by atoms with Gasteiger partial charge in [-0.25, -0.2) is 4.98 Å². The van der Waals surface area contributed by atoms with Crippen LogP contribution < -0.4 is 20.1 Å². The van der Waals surface area contributed by atoms with Gasteiger partial charge in [-0.2, -0.15) is 0 Å². The molecule has 6 aliphatic rings. The zero-order valence-corrected chi connectivity index (χ0v) is 42.5. The molecule has 0 aliphatic heterocycles. The molecule has 69 heavy (non-hydrogen) atoms. The maximum atomic E-state index is 13.9. The van der Waals surface area contributed by atoms with Crippen LogP contribution in [0.1, 0.15) is 191 Å². The van der Waals surface area contributed by atoms with Crippen LogP contribution in [0.15, 0.2) is 42.5 Å². The highest BCUT2D eigenvalue weighted by atomic mass is 32.1. The highest BCUT2D eigenvalue weighted by Gasteiger charge is 2.37. The molecule has 1 aromatic heterocycles. The molecule has 1 heterocycles. The molecule has 0 saturated heterocycles. The molecule has 6 saturated carbocycles. The molecule has 0 radical (unpaired) electrons. The number of ether oxygens (including phenoxy) is 2. The summed E-state index contributed by atoms with van der Waals surface area (Å²) >= 11 is 1.36. The average Bonchev–Trinajstić information content (AvgIpc) is 3.85. The van der Waals surface area contributed by atoms with E-state index in [0.717, 1.165) is 146 Å². The quantitative estimate of drug-likeness (QED) is 0.105. The lowest BCUT2D eigenvalue weighted by Gasteiger charge is -2.38. The third kappa shape index (κ3) is 12.8. The monoisotopic (exact) mass is 958 g/mol. The van der Waals surface area contributed by atoms with Crippen molar-refractivity contribution in [3.8, 4) is 23.3 Å². The fourth-order valence-electron chi connectivity index (χ4n) is 13.6. The Morgan fingerprint density at radius 2 is 0.913 bits per heavy atom. The van der Waals surface area contributed by atoms with Crippen molar-refractivity contribution < 1.29 is 28.7 Å². The second kappa shape index (κ2) is 23.8. The molecular weight excluding hydrogens is 879 g/mol. The minimum absolute atomic E-state index is 0.163. The van der Waals surface area contributed by atoms with E-state index < -0.39 is 0 Å². The highest BCUT2D eigenvalue weighted by molar-refractivity contribution is 7.19. The number of benzene rings is 2. The highest BCUT2D eigenvalue weighted by Crippen LogP contribution is 2.44. The van der Waals surface area contributed by atoms with Crippen molar-refractivity contribution in [1.82, 2.24) is 15.6 Å². The molecule has 6 fully saturated rings. The van der Waals surface area contributed by atoms with E-state index in [-0.39, 0.29) is 47.4 Å². The van der Waals surface area contributed by atoms with E-state index in [1.54, 1.807) is 12.1 Å². The first-order valence-electron chi connectivity index (χ1n) is 27.7. The Morgan fingerprint density at radius 1 is 0.507 bits per heavy atom. The van der Waals surface area contributed by atoms with Gasteiger partial charge in [-0.15, -0.1) is 11.3 Å². The number of carbonyl (C=O) groups excluding carboxylic acids is 4. The zero-order valence-electron chi connectivity index (χ0n) is 41.7.